The van der Waals surface area contributed by atoms with Gasteiger partial charge in [0.1, 0.15) is 5.56 Å². The maximum absolute atomic E-state index is 13.6. The van der Waals surface area contributed by atoms with Gasteiger partial charge in [0.2, 0.25) is 0 Å². The minimum atomic E-state index is -5.15. The molecule has 41 heavy (non-hydrogen) atoms. The number of halogens is 6. The number of hydrogen-bond donors (Lipinski definition) is 1. The van der Waals surface area contributed by atoms with Crippen LogP contribution >= 0.6 is 0 Å². The first-order chi connectivity index (χ1) is 19.3. The Kier molecular flexibility index (Phi) is 8.22. The van der Waals surface area contributed by atoms with Crippen LogP contribution in [0.1, 0.15) is 45.2 Å². The Morgan fingerprint density at radius 2 is 1.37 bits per heavy atom. The Hall–Kier alpha value is -4.61. The maximum Gasteiger partial charge on any atom is 0.416 e. The van der Waals surface area contributed by atoms with Crippen molar-refractivity contribution in [2.24, 2.45) is 0 Å². The summed E-state index contributed by atoms with van der Waals surface area (Å²) in [4.78, 5) is 41.2. The first-order valence-corrected chi connectivity index (χ1v) is 12.4. The van der Waals surface area contributed by atoms with E-state index in [1.54, 1.807) is 67.6 Å². The van der Waals surface area contributed by atoms with E-state index in [1.165, 1.54) is 0 Å². The molecule has 1 amide bonds. The van der Waals surface area contributed by atoms with Gasteiger partial charge in [-0.2, -0.15) is 26.3 Å². The number of carbonyl (C=O) groups is 2. The van der Waals surface area contributed by atoms with E-state index in [0.29, 0.717) is 23.4 Å². The highest BCUT2D eigenvalue weighted by Crippen LogP contribution is 2.36. The zero-order chi connectivity index (χ0) is 29.9. The Balaban J connectivity index is 1.77. The molecule has 12 heteroatoms. The van der Waals surface area contributed by atoms with Gasteiger partial charge in [-0.3, -0.25) is 19.5 Å². The van der Waals surface area contributed by atoms with E-state index >= 15 is 0 Å². The van der Waals surface area contributed by atoms with Crippen molar-refractivity contribution in [3.63, 3.8) is 0 Å². The second-order valence-electron chi connectivity index (χ2n) is 9.15. The fraction of sp³-hybridized carbons (Fsp3) is 0.207. The van der Waals surface area contributed by atoms with Gasteiger partial charge in [0.15, 0.2) is 5.78 Å². The average molecular weight is 576 g/mol. The molecule has 214 valence electrons. The van der Waals surface area contributed by atoms with Gasteiger partial charge in [-0.1, -0.05) is 55.5 Å². The van der Waals surface area contributed by atoms with Crippen molar-refractivity contribution in [3.8, 4) is 16.9 Å². The molecule has 1 N–H and O–H groups in total. The van der Waals surface area contributed by atoms with Crippen LogP contribution in [0.5, 0.6) is 0 Å². The minimum Gasteiger partial charge on any atom is -0.331 e. The first-order valence-electron chi connectivity index (χ1n) is 12.4. The standard InChI is InChI=1S/C29H23F6N3O3/c1-2-13-37(26(40)19-14-20(28(30,31)32)16-21(15-19)29(33,34)35)17-23(39)24-25(18-9-5-3-6-10-18)36-38(27(24)41)22-11-7-4-8-12-22/h3-12,14-16,36H,2,13,17H2,1H3. The lowest BCUT2D eigenvalue weighted by Crippen LogP contribution is -2.38. The highest BCUT2D eigenvalue weighted by atomic mass is 19.4. The minimum absolute atomic E-state index is 0.0793. The highest BCUT2D eigenvalue weighted by Gasteiger charge is 2.38. The summed E-state index contributed by atoms with van der Waals surface area (Å²) in [5.74, 6) is -2.05. The van der Waals surface area contributed by atoms with Gasteiger partial charge in [0.05, 0.1) is 29.1 Å². The summed E-state index contributed by atoms with van der Waals surface area (Å²) in [5, 5.41) is 2.91. The molecule has 0 fully saturated rings. The van der Waals surface area contributed by atoms with Crippen LogP contribution in [-0.2, 0) is 12.4 Å². The Bertz CT molecular complexity index is 1570. The SMILES string of the molecule is CCCN(CC(=O)c1c(-c2ccccc2)[nH]n(-c2ccccc2)c1=O)C(=O)c1cc(C(F)(F)F)cc(C(F)(F)F)c1. The van der Waals surface area contributed by atoms with Crippen molar-refractivity contribution in [2.75, 3.05) is 13.1 Å². The van der Waals surface area contributed by atoms with Crippen molar-refractivity contribution in [1.29, 1.82) is 0 Å². The molecule has 0 bridgehead atoms. The monoisotopic (exact) mass is 575 g/mol. The van der Waals surface area contributed by atoms with Crippen LogP contribution in [0, 0.1) is 0 Å². The number of Topliss-reactive ketones (excluding diaryl/α,β-unsaturated/α-hetero) is 1. The smallest absolute Gasteiger partial charge is 0.331 e. The van der Waals surface area contributed by atoms with Crippen LogP contribution in [0.15, 0.2) is 83.7 Å². The molecule has 4 aromatic rings. The lowest BCUT2D eigenvalue weighted by molar-refractivity contribution is -0.143. The Labute approximate surface area is 229 Å². The van der Waals surface area contributed by atoms with E-state index in [4.69, 9.17) is 0 Å². The summed E-state index contributed by atoms with van der Waals surface area (Å²) in [6.45, 7) is 0.693. The molecule has 1 aromatic heterocycles. The predicted octanol–water partition coefficient (Wildman–Crippen LogP) is 6.61. The number of alkyl halides is 6. The van der Waals surface area contributed by atoms with Gasteiger partial charge < -0.3 is 4.90 Å². The largest absolute Gasteiger partial charge is 0.416 e. The lowest BCUT2D eigenvalue weighted by atomic mass is 10.0. The molecule has 0 saturated heterocycles. The maximum atomic E-state index is 13.6. The van der Waals surface area contributed by atoms with Gasteiger partial charge in [-0.15, -0.1) is 0 Å². The van der Waals surface area contributed by atoms with Gasteiger partial charge in [-0.05, 0) is 36.8 Å². The van der Waals surface area contributed by atoms with Crippen molar-refractivity contribution >= 4 is 11.7 Å². The number of carbonyl (C=O) groups excluding carboxylic acids is 2. The van der Waals surface area contributed by atoms with Crippen molar-refractivity contribution in [3.05, 3.63) is 111 Å². The number of rotatable bonds is 8. The molecule has 0 unspecified atom stereocenters. The summed E-state index contributed by atoms with van der Waals surface area (Å²) >= 11 is 0. The summed E-state index contributed by atoms with van der Waals surface area (Å²) in [5.41, 5.74) is -4.19. The van der Waals surface area contributed by atoms with E-state index in [2.05, 4.69) is 5.10 Å². The number of para-hydroxylation sites is 1. The molecule has 3 aromatic carbocycles. The number of nitrogens with zero attached hydrogens (tertiary/aromatic N) is 2. The number of nitrogens with one attached hydrogen (secondary N) is 1. The van der Waals surface area contributed by atoms with Crippen molar-refractivity contribution in [1.82, 2.24) is 14.7 Å². The van der Waals surface area contributed by atoms with Crippen LogP contribution < -0.4 is 5.56 Å². The molecular formula is C29H23F6N3O3. The number of aromatic nitrogens is 2. The van der Waals surface area contributed by atoms with E-state index in [-0.39, 0.29) is 30.3 Å². The third-order valence-electron chi connectivity index (χ3n) is 6.20. The number of H-pyrrole nitrogens is 1. The number of ketones is 1. The third kappa shape index (κ3) is 6.42. The number of hydrogen-bond acceptors (Lipinski definition) is 3. The summed E-state index contributed by atoms with van der Waals surface area (Å²) in [7, 11) is 0. The van der Waals surface area contributed by atoms with Crippen LogP contribution in [0.4, 0.5) is 26.3 Å². The summed E-state index contributed by atoms with van der Waals surface area (Å²) < 4.78 is 81.5. The highest BCUT2D eigenvalue weighted by molar-refractivity contribution is 6.05. The molecule has 0 radical (unpaired) electrons. The lowest BCUT2D eigenvalue weighted by Gasteiger charge is -2.22. The summed E-state index contributed by atoms with van der Waals surface area (Å²) in [6.07, 6.45) is -10.1. The topological polar surface area (TPSA) is 75.2 Å². The molecule has 0 spiro atoms. The Morgan fingerprint density at radius 3 is 1.88 bits per heavy atom. The van der Waals surface area contributed by atoms with Crippen LogP contribution in [-0.4, -0.2) is 39.5 Å². The number of amides is 1. The fourth-order valence-corrected chi connectivity index (χ4v) is 4.30. The van der Waals surface area contributed by atoms with Crippen LogP contribution in [0.2, 0.25) is 0 Å². The van der Waals surface area contributed by atoms with E-state index < -0.39 is 52.8 Å². The molecular weight excluding hydrogens is 552 g/mol. The molecule has 0 aliphatic heterocycles. The molecule has 0 saturated carbocycles. The predicted molar refractivity (Wildman–Crippen MR) is 139 cm³/mol. The van der Waals surface area contributed by atoms with Crippen LogP contribution in [0.3, 0.4) is 0 Å². The van der Waals surface area contributed by atoms with Gasteiger partial charge in [0, 0.05) is 17.7 Å². The van der Waals surface area contributed by atoms with E-state index in [0.717, 1.165) is 9.58 Å². The van der Waals surface area contributed by atoms with Gasteiger partial charge in [0.25, 0.3) is 11.5 Å². The van der Waals surface area contributed by atoms with E-state index in [9.17, 15) is 40.7 Å². The van der Waals surface area contributed by atoms with Gasteiger partial charge >= 0.3 is 12.4 Å². The second-order valence-corrected chi connectivity index (χ2v) is 9.15. The number of aromatic amines is 1. The van der Waals surface area contributed by atoms with E-state index in [1.807, 2.05) is 0 Å². The molecule has 0 aliphatic rings. The van der Waals surface area contributed by atoms with Crippen LogP contribution in [0.25, 0.3) is 16.9 Å². The molecule has 4 rings (SSSR count). The Morgan fingerprint density at radius 1 is 0.829 bits per heavy atom. The average Bonchev–Trinajstić information content (AvgIpc) is 3.29. The summed E-state index contributed by atoms with van der Waals surface area (Å²) in [6, 6.07) is 17.3. The molecule has 6 nitrogen and oxygen atoms in total. The third-order valence-corrected chi connectivity index (χ3v) is 6.20. The normalized spacial score (nSPS) is 11.9. The first kappa shape index (κ1) is 29.4. The fourth-order valence-electron chi connectivity index (χ4n) is 4.30. The molecule has 0 atom stereocenters. The zero-order valence-corrected chi connectivity index (χ0v) is 21.5. The zero-order valence-electron chi connectivity index (χ0n) is 21.5. The van der Waals surface area contributed by atoms with Crippen molar-refractivity contribution < 1.29 is 35.9 Å². The molecule has 1 heterocycles. The quantitative estimate of drug-likeness (QED) is 0.190. The van der Waals surface area contributed by atoms with Gasteiger partial charge in [-0.25, -0.2) is 4.68 Å². The second kappa shape index (κ2) is 11.5. The van der Waals surface area contributed by atoms with Crippen molar-refractivity contribution in [2.45, 2.75) is 25.7 Å². The molecule has 0 aliphatic carbocycles. The number of benzene rings is 3.